The van der Waals surface area contributed by atoms with E-state index in [0.29, 0.717) is 26.4 Å². The van der Waals surface area contributed by atoms with Crippen LogP contribution in [0.1, 0.15) is 40.0 Å². The van der Waals surface area contributed by atoms with Gasteiger partial charge in [-0.15, -0.1) is 0 Å². The highest BCUT2D eigenvalue weighted by molar-refractivity contribution is 5.80. The largest absolute Gasteiger partial charge is 0.465 e. The van der Waals surface area contributed by atoms with E-state index < -0.39 is 5.54 Å². The Balaban J connectivity index is 2.37. The Kier molecular flexibility index (Phi) is 7.34. The van der Waals surface area contributed by atoms with Gasteiger partial charge in [0.15, 0.2) is 0 Å². The minimum Gasteiger partial charge on any atom is -0.465 e. The zero-order valence-electron chi connectivity index (χ0n) is 12.4. The molecule has 0 saturated carbocycles. The van der Waals surface area contributed by atoms with Gasteiger partial charge in [0.2, 0.25) is 0 Å². The Morgan fingerprint density at radius 1 is 1.42 bits per heavy atom. The summed E-state index contributed by atoms with van der Waals surface area (Å²) in [5, 5.41) is 3.14. The average Bonchev–Trinajstić information content (AvgIpc) is 2.40. The van der Waals surface area contributed by atoms with Gasteiger partial charge in [-0.25, -0.2) is 4.79 Å². The highest BCUT2D eigenvalue weighted by atomic mass is 16.5. The van der Waals surface area contributed by atoms with Crippen LogP contribution in [0, 0.1) is 0 Å². The Bertz CT molecular complexity index is 266. The normalized spacial score (nSPS) is 22.8. The van der Waals surface area contributed by atoms with E-state index >= 15 is 0 Å². The molecule has 2 unspecified atom stereocenters. The second kappa shape index (κ2) is 8.51. The second-order valence-electron chi connectivity index (χ2n) is 5.09. The van der Waals surface area contributed by atoms with E-state index in [0.717, 1.165) is 19.4 Å². The van der Waals surface area contributed by atoms with Gasteiger partial charge in [-0.05, 0) is 39.7 Å². The zero-order chi connectivity index (χ0) is 14.1. The van der Waals surface area contributed by atoms with Crippen molar-refractivity contribution in [1.29, 1.82) is 0 Å². The van der Waals surface area contributed by atoms with E-state index in [9.17, 15) is 4.79 Å². The molecule has 1 aliphatic rings. The first-order valence-corrected chi connectivity index (χ1v) is 7.24. The number of esters is 1. The number of nitrogens with one attached hydrogen (secondary N) is 1. The number of hydrogen-bond donors (Lipinski definition) is 1. The fourth-order valence-electron chi connectivity index (χ4n) is 2.20. The maximum atomic E-state index is 11.9. The summed E-state index contributed by atoms with van der Waals surface area (Å²) in [6.45, 7) is 8.32. The summed E-state index contributed by atoms with van der Waals surface area (Å²) < 4.78 is 16.4. The number of hydrogen-bond acceptors (Lipinski definition) is 5. The number of ether oxygens (including phenoxy) is 3. The Hall–Kier alpha value is -0.650. The van der Waals surface area contributed by atoms with Crippen LogP contribution in [0.15, 0.2) is 0 Å². The van der Waals surface area contributed by atoms with Gasteiger partial charge in [0.25, 0.3) is 0 Å². The van der Waals surface area contributed by atoms with Crippen LogP contribution in [-0.2, 0) is 19.0 Å². The van der Waals surface area contributed by atoms with Crippen molar-refractivity contribution in [1.82, 2.24) is 5.32 Å². The zero-order valence-corrected chi connectivity index (χ0v) is 12.4. The summed E-state index contributed by atoms with van der Waals surface area (Å²) in [6.07, 6.45) is 3.53. The van der Waals surface area contributed by atoms with Crippen LogP contribution in [0.5, 0.6) is 0 Å². The highest BCUT2D eigenvalue weighted by Gasteiger charge is 2.34. The van der Waals surface area contributed by atoms with Crippen molar-refractivity contribution in [2.24, 2.45) is 0 Å². The third kappa shape index (κ3) is 5.47. The smallest absolute Gasteiger partial charge is 0.328 e. The van der Waals surface area contributed by atoms with E-state index in [4.69, 9.17) is 14.2 Å². The summed E-state index contributed by atoms with van der Waals surface area (Å²) in [4.78, 5) is 11.9. The molecule has 1 saturated heterocycles. The number of likely N-dealkylation sites (N-methyl/N-ethyl adjacent to an activating group) is 1. The molecule has 0 aromatic carbocycles. The number of carbonyl (C=O) groups excluding carboxylic acids is 1. The summed E-state index contributed by atoms with van der Waals surface area (Å²) in [5.74, 6) is -0.263. The van der Waals surface area contributed by atoms with Gasteiger partial charge in [0.1, 0.15) is 5.54 Å². The predicted octanol–water partition coefficient (Wildman–Crippen LogP) is 1.50. The molecule has 1 heterocycles. The molecule has 0 aromatic heterocycles. The molecule has 1 N–H and O–H groups in total. The van der Waals surface area contributed by atoms with Crippen molar-refractivity contribution in [2.45, 2.75) is 51.7 Å². The van der Waals surface area contributed by atoms with Crippen LogP contribution in [-0.4, -0.2) is 50.6 Å². The van der Waals surface area contributed by atoms with Crippen LogP contribution in [0.3, 0.4) is 0 Å². The van der Waals surface area contributed by atoms with Crippen molar-refractivity contribution in [3.8, 4) is 0 Å². The lowest BCUT2D eigenvalue weighted by Gasteiger charge is -2.29. The summed E-state index contributed by atoms with van der Waals surface area (Å²) in [6, 6.07) is 0. The molecule has 0 bridgehead atoms. The van der Waals surface area contributed by atoms with Crippen molar-refractivity contribution in [3.05, 3.63) is 0 Å². The number of carbonyl (C=O) groups is 1. The van der Waals surface area contributed by atoms with Gasteiger partial charge in [0, 0.05) is 6.61 Å². The van der Waals surface area contributed by atoms with Crippen LogP contribution in [0.2, 0.25) is 0 Å². The molecular formula is C14H27NO4. The lowest BCUT2D eigenvalue weighted by Crippen LogP contribution is -2.54. The van der Waals surface area contributed by atoms with E-state index in [-0.39, 0.29) is 12.1 Å². The maximum absolute atomic E-state index is 11.9. The molecule has 5 nitrogen and oxygen atoms in total. The van der Waals surface area contributed by atoms with Crippen LogP contribution in [0.25, 0.3) is 0 Å². The Morgan fingerprint density at radius 2 is 2.21 bits per heavy atom. The number of rotatable bonds is 8. The van der Waals surface area contributed by atoms with E-state index in [1.54, 1.807) is 6.92 Å². The summed E-state index contributed by atoms with van der Waals surface area (Å²) >= 11 is 0. The van der Waals surface area contributed by atoms with Crippen LogP contribution >= 0.6 is 0 Å². The van der Waals surface area contributed by atoms with E-state index in [1.807, 2.05) is 13.8 Å². The van der Waals surface area contributed by atoms with Crippen molar-refractivity contribution >= 4 is 5.97 Å². The standard InChI is InChI=1S/C14H27NO4/c1-4-15-14(3,13(16)18-5-2)11-17-10-12-8-6-7-9-19-12/h12,15H,4-11H2,1-3H3. The predicted molar refractivity (Wildman–Crippen MR) is 73.1 cm³/mol. The molecule has 0 spiro atoms. The lowest BCUT2D eigenvalue weighted by atomic mass is 10.0. The maximum Gasteiger partial charge on any atom is 0.328 e. The molecule has 0 radical (unpaired) electrons. The molecule has 19 heavy (non-hydrogen) atoms. The van der Waals surface area contributed by atoms with Gasteiger partial charge >= 0.3 is 5.97 Å². The van der Waals surface area contributed by atoms with Gasteiger partial charge in [-0.3, -0.25) is 0 Å². The third-order valence-corrected chi connectivity index (χ3v) is 3.26. The first-order valence-electron chi connectivity index (χ1n) is 7.24. The quantitative estimate of drug-likeness (QED) is 0.679. The molecule has 5 heteroatoms. The highest BCUT2D eigenvalue weighted by Crippen LogP contribution is 2.14. The minimum atomic E-state index is -0.778. The molecular weight excluding hydrogens is 246 g/mol. The fourth-order valence-corrected chi connectivity index (χ4v) is 2.20. The van der Waals surface area contributed by atoms with Crippen LogP contribution < -0.4 is 5.32 Å². The molecule has 0 aromatic rings. The fraction of sp³-hybridized carbons (Fsp3) is 0.929. The summed E-state index contributed by atoms with van der Waals surface area (Å²) in [5.41, 5.74) is -0.778. The third-order valence-electron chi connectivity index (χ3n) is 3.26. The van der Waals surface area contributed by atoms with Gasteiger partial charge in [-0.2, -0.15) is 0 Å². The van der Waals surface area contributed by atoms with E-state index in [2.05, 4.69) is 5.32 Å². The van der Waals surface area contributed by atoms with E-state index in [1.165, 1.54) is 6.42 Å². The SMILES string of the molecule is CCNC(C)(COCC1CCCCO1)C(=O)OCC. The average molecular weight is 273 g/mol. The van der Waals surface area contributed by atoms with Crippen molar-refractivity contribution in [3.63, 3.8) is 0 Å². The topological polar surface area (TPSA) is 56.8 Å². The summed E-state index contributed by atoms with van der Waals surface area (Å²) in [7, 11) is 0. The minimum absolute atomic E-state index is 0.168. The van der Waals surface area contributed by atoms with Gasteiger partial charge in [-0.1, -0.05) is 6.92 Å². The van der Waals surface area contributed by atoms with Crippen molar-refractivity contribution < 1.29 is 19.0 Å². The molecule has 1 fully saturated rings. The first kappa shape index (κ1) is 16.4. The first-order chi connectivity index (χ1) is 9.12. The monoisotopic (exact) mass is 273 g/mol. The molecule has 1 aliphatic heterocycles. The Morgan fingerprint density at radius 3 is 2.79 bits per heavy atom. The molecule has 0 aliphatic carbocycles. The molecule has 112 valence electrons. The van der Waals surface area contributed by atoms with Gasteiger partial charge in [0.05, 0.1) is 25.9 Å². The van der Waals surface area contributed by atoms with Crippen LogP contribution in [0.4, 0.5) is 0 Å². The lowest BCUT2D eigenvalue weighted by molar-refractivity contribution is -0.154. The Labute approximate surface area is 116 Å². The molecule has 1 rings (SSSR count). The molecule has 0 amide bonds. The van der Waals surface area contributed by atoms with Gasteiger partial charge < -0.3 is 19.5 Å². The van der Waals surface area contributed by atoms with Crippen molar-refractivity contribution in [2.75, 3.05) is 33.0 Å². The second-order valence-corrected chi connectivity index (χ2v) is 5.09. The molecule has 2 atom stereocenters.